The summed E-state index contributed by atoms with van der Waals surface area (Å²) in [6.45, 7) is 2.28. The first-order chi connectivity index (χ1) is 8.50. The lowest BCUT2D eigenvalue weighted by molar-refractivity contribution is 0.363. The molecule has 0 aliphatic heterocycles. The maximum absolute atomic E-state index is 13.4. The first-order valence-corrected chi connectivity index (χ1v) is 7.10. The fourth-order valence-corrected chi connectivity index (χ4v) is 3.04. The molecule has 1 nitrogen and oxygen atoms in total. The molecule has 2 rings (SSSR count). The normalized spacial score (nSPS) is 29.0. The number of nitrogens with two attached hydrogens (primary N) is 1. The van der Waals surface area contributed by atoms with Crippen LogP contribution in [0, 0.1) is 11.7 Å². The predicted molar refractivity (Wildman–Crippen MR) is 74.3 cm³/mol. The number of benzene rings is 1. The number of hydrogen-bond acceptors (Lipinski definition) is 1. The number of hydrogen-bond donors (Lipinski definition) is 1. The van der Waals surface area contributed by atoms with Crippen LogP contribution in [0.4, 0.5) is 4.39 Å². The zero-order valence-corrected chi connectivity index (χ0v) is 11.6. The second kappa shape index (κ2) is 5.58. The molecule has 0 bridgehead atoms. The Labute approximate surface area is 114 Å². The van der Waals surface area contributed by atoms with Crippen molar-refractivity contribution in [2.75, 3.05) is 0 Å². The highest BCUT2D eigenvalue weighted by atomic mass is 35.5. The fourth-order valence-electron chi connectivity index (χ4n) is 2.85. The first-order valence-electron chi connectivity index (χ1n) is 6.72. The van der Waals surface area contributed by atoms with Gasteiger partial charge in [0.05, 0.1) is 5.02 Å². The molecule has 2 unspecified atom stereocenters. The molecule has 1 aliphatic rings. The molecule has 1 saturated carbocycles. The van der Waals surface area contributed by atoms with Gasteiger partial charge in [0.2, 0.25) is 0 Å². The quantitative estimate of drug-likeness (QED) is 0.795. The van der Waals surface area contributed by atoms with E-state index >= 15 is 0 Å². The van der Waals surface area contributed by atoms with E-state index in [9.17, 15) is 4.39 Å². The fraction of sp³-hybridized carbons (Fsp3) is 0.600. The van der Waals surface area contributed by atoms with E-state index in [4.69, 9.17) is 17.3 Å². The standard InChI is InChI=1S/C15H21ClFN/c1-11-4-3-8-15(18,9-7-11)10-12-5-2-6-13(17)14(12)16/h2,5-6,11H,3-4,7-10,18H2,1H3. The SMILES string of the molecule is CC1CCCC(N)(Cc2cccc(F)c2Cl)CC1. The van der Waals surface area contributed by atoms with Crippen molar-refractivity contribution in [3.05, 3.63) is 34.6 Å². The van der Waals surface area contributed by atoms with Gasteiger partial charge in [0, 0.05) is 5.54 Å². The van der Waals surface area contributed by atoms with Crippen LogP contribution in [-0.4, -0.2) is 5.54 Å². The summed E-state index contributed by atoms with van der Waals surface area (Å²) in [5, 5.41) is 0.236. The summed E-state index contributed by atoms with van der Waals surface area (Å²) >= 11 is 6.01. The minimum Gasteiger partial charge on any atom is -0.325 e. The predicted octanol–water partition coefficient (Wildman–Crippen LogP) is 4.32. The lowest BCUT2D eigenvalue weighted by Gasteiger charge is -2.28. The second-order valence-corrected chi connectivity index (χ2v) is 6.17. The lowest BCUT2D eigenvalue weighted by atomic mass is 9.84. The smallest absolute Gasteiger partial charge is 0.142 e. The highest BCUT2D eigenvalue weighted by Gasteiger charge is 2.29. The summed E-state index contributed by atoms with van der Waals surface area (Å²) in [7, 11) is 0. The summed E-state index contributed by atoms with van der Waals surface area (Å²) in [6.07, 6.45) is 6.24. The van der Waals surface area contributed by atoms with Crippen LogP contribution in [0.2, 0.25) is 5.02 Å². The van der Waals surface area contributed by atoms with Gasteiger partial charge in [-0.3, -0.25) is 0 Å². The third-order valence-electron chi connectivity index (χ3n) is 4.08. The van der Waals surface area contributed by atoms with Crippen LogP contribution in [0.15, 0.2) is 18.2 Å². The molecule has 1 aromatic carbocycles. The van der Waals surface area contributed by atoms with Crippen LogP contribution in [-0.2, 0) is 6.42 Å². The van der Waals surface area contributed by atoms with Gasteiger partial charge in [0.25, 0.3) is 0 Å². The minimum atomic E-state index is -0.347. The van der Waals surface area contributed by atoms with Gasteiger partial charge in [-0.2, -0.15) is 0 Å². The molecule has 3 heteroatoms. The van der Waals surface area contributed by atoms with Crippen LogP contribution in [0.25, 0.3) is 0 Å². The van der Waals surface area contributed by atoms with E-state index in [0.29, 0.717) is 6.42 Å². The van der Waals surface area contributed by atoms with Gasteiger partial charge in [-0.15, -0.1) is 0 Å². The Morgan fingerprint density at radius 1 is 1.39 bits per heavy atom. The average Bonchev–Trinajstić information content (AvgIpc) is 2.48. The number of rotatable bonds is 2. The maximum Gasteiger partial charge on any atom is 0.142 e. The van der Waals surface area contributed by atoms with Gasteiger partial charge >= 0.3 is 0 Å². The molecule has 0 heterocycles. The molecule has 0 aromatic heterocycles. The van der Waals surface area contributed by atoms with Gasteiger partial charge in [-0.1, -0.05) is 43.5 Å². The van der Waals surface area contributed by atoms with Crippen molar-refractivity contribution in [2.24, 2.45) is 11.7 Å². The van der Waals surface area contributed by atoms with Crippen molar-refractivity contribution in [1.82, 2.24) is 0 Å². The molecule has 100 valence electrons. The van der Waals surface area contributed by atoms with E-state index in [0.717, 1.165) is 37.2 Å². The van der Waals surface area contributed by atoms with Gasteiger partial charge in [0.15, 0.2) is 0 Å². The third-order valence-corrected chi connectivity index (χ3v) is 4.50. The van der Waals surface area contributed by atoms with Gasteiger partial charge in [-0.05, 0) is 43.2 Å². The largest absolute Gasteiger partial charge is 0.325 e. The molecule has 0 radical (unpaired) electrons. The number of halogens is 2. The van der Waals surface area contributed by atoms with E-state index in [2.05, 4.69) is 6.92 Å². The lowest BCUT2D eigenvalue weighted by Crippen LogP contribution is -2.41. The average molecular weight is 270 g/mol. The van der Waals surface area contributed by atoms with E-state index < -0.39 is 0 Å². The monoisotopic (exact) mass is 269 g/mol. The summed E-state index contributed by atoms with van der Waals surface area (Å²) in [5.41, 5.74) is 7.11. The van der Waals surface area contributed by atoms with Crippen molar-refractivity contribution in [2.45, 2.75) is 51.0 Å². The molecule has 1 aliphatic carbocycles. The Morgan fingerprint density at radius 2 is 2.17 bits per heavy atom. The molecule has 1 aromatic rings. The van der Waals surface area contributed by atoms with Crippen molar-refractivity contribution in [3.63, 3.8) is 0 Å². The van der Waals surface area contributed by atoms with Crippen LogP contribution in [0.5, 0.6) is 0 Å². The molecule has 1 fully saturated rings. The molecule has 18 heavy (non-hydrogen) atoms. The van der Waals surface area contributed by atoms with Crippen molar-refractivity contribution >= 4 is 11.6 Å². The Bertz CT molecular complexity index is 421. The second-order valence-electron chi connectivity index (χ2n) is 5.79. The third kappa shape index (κ3) is 3.24. The van der Waals surface area contributed by atoms with Crippen LogP contribution < -0.4 is 5.73 Å². The minimum absolute atomic E-state index is 0.220. The summed E-state index contributed by atoms with van der Waals surface area (Å²) in [4.78, 5) is 0. The summed E-state index contributed by atoms with van der Waals surface area (Å²) in [5.74, 6) is 0.401. The van der Waals surface area contributed by atoms with Crippen molar-refractivity contribution in [3.8, 4) is 0 Å². The molecule has 2 atom stereocenters. The van der Waals surface area contributed by atoms with Gasteiger partial charge in [0.1, 0.15) is 5.82 Å². The van der Waals surface area contributed by atoms with E-state index in [1.807, 2.05) is 6.07 Å². The maximum atomic E-state index is 13.4. The van der Waals surface area contributed by atoms with Crippen LogP contribution in [0.1, 0.15) is 44.6 Å². The van der Waals surface area contributed by atoms with E-state index in [1.165, 1.54) is 12.5 Å². The van der Waals surface area contributed by atoms with Crippen molar-refractivity contribution < 1.29 is 4.39 Å². The summed E-state index contributed by atoms with van der Waals surface area (Å²) in [6, 6.07) is 4.98. The Hall–Kier alpha value is -0.600. The Morgan fingerprint density at radius 3 is 2.94 bits per heavy atom. The first kappa shape index (κ1) is 13.8. The Kier molecular flexibility index (Phi) is 4.29. The van der Waals surface area contributed by atoms with Gasteiger partial charge in [-0.25, -0.2) is 4.39 Å². The summed E-state index contributed by atoms with van der Waals surface area (Å²) < 4.78 is 13.4. The molecule has 2 N–H and O–H groups in total. The van der Waals surface area contributed by atoms with Crippen LogP contribution in [0.3, 0.4) is 0 Å². The topological polar surface area (TPSA) is 26.0 Å². The Balaban J connectivity index is 2.14. The molecular weight excluding hydrogens is 249 g/mol. The molecular formula is C15H21ClFN. The van der Waals surface area contributed by atoms with E-state index in [-0.39, 0.29) is 16.4 Å². The van der Waals surface area contributed by atoms with Gasteiger partial charge < -0.3 is 5.73 Å². The zero-order chi connectivity index (χ0) is 13.2. The highest BCUT2D eigenvalue weighted by molar-refractivity contribution is 6.31. The zero-order valence-electron chi connectivity index (χ0n) is 10.9. The molecule has 0 amide bonds. The highest BCUT2D eigenvalue weighted by Crippen LogP contribution is 2.33. The van der Waals surface area contributed by atoms with E-state index in [1.54, 1.807) is 6.07 Å². The molecule has 0 spiro atoms. The van der Waals surface area contributed by atoms with Crippen LogP contribution >= 0.6 is 11.6 Å². The molecule has 0 saturated heterocycles. The van der Waals surface area contributed by atoms with Crippen molar-refractivity contribution in [1.29, 1.82) is 0 Å².